The molecule has 7 nitrogen and oxygen atoms in total. The lowest BCUT2D eigenvalue weighted by Crippen LogP contribution is -2.41. The zero-order chi connectivity index (χ0) is 21.3. The van der Waals surface area contributed by atoms with Crippen LogP contribution in [0, 0.1) is 17.5 Å². The fraction of sp³-hybridized carbons (Fsp3) is 0.438. The molecule has 2 aromatic rings. The number of nitrogens with two attached hydrogens (primary N) is 1. The number of rotatable bonds is 5. The van der Waals surface area contributed by atoms with Crippen molar-refractivity contribution in [2.75, 3.05) is 6.54 Å². The van der Waals surface area contributed by atoms with Crippen LogP contribution in [-0.4, -0.2) is 38.2 Å². The van der Waals surface area contributed by atoms with E-state index in [1.54, 1.807) is 0 Å². The number of amides is 1. The smallest absolute Gasteiger partial charge is 0.333 e. The highest BCUT2D eigenvalue weighted by atomic mass is 19.4. The van der Waals surface area contributed by atoms with Crippen LogP contribution in [0.3, 0.4) is 0 Å². The SMILES string of the molecule is NO[C@@H](CC(=O)N1CCn2c(nnc2C(F)(F)F)C1)Cc1cc(F)c(F)cc1F. The molecular formula is C16H15F6N5O2. The zero-order valence-corrected chi connectivity index (χ0v) is 14.7. The van der Waals surface area contributed by atoms with E-state index in [4.69, 9.17) is 5.90 Å². The van der Waals surface area contributed by atoms with Crippen LogP contribution in [0.25, 0.3) is 0 Å². The first-order valence-electron chi connectivity index (χ1n) is 8.36. The van der Waals surface area contributed by atoms with Gasteiger partial charge in [-0.2, -0.15) is 13.2 Å². The first-order chi connectivity index (χ1) is 13.6. The van der Waals surface area contributed by atoms with E-state index in [9.17, 15) is 31.1 Å². The summed E-state index contributed by atoms with van der Waals surface area (Å²) in [6, 6.07) is 1.01. The molecule has 0 radical (unpaired) electrons. The second-order valence-electron chi connectivity index (χ2n) is 6.43. The highest BCUT2D eigenvalue weighted by Gasteiger charge is 2.40. The fourth-order valence-electron chi connectivity index (χ4n) is 3.04. The predicted molar refractivity (Wildman–Crippen MR) is 84.1 cm³/mol. The van der Waals surface area contributed by atoms with Crippen LogP contribution < -0.4 is 5.90 Å². The first-order valence-corrected chi connectivity index (χ1v) is 8.36. The maximum absolute atomic E-state index is 13.8. The average Bonchev–Trinajstić information content (AvgIpc) is 3.08. The number of halogens is 6. The van der Waals surface area contributed by atoms with Crippen molar-refractivity contribution in [1.29, 1.82) is 0 Å². The van der Waals surface area contributed by atoms with Gasteiger partial charge in [0.05, 0.1) is 19.1 Å². The summed E-state index contributed by atoms with van der Waals surface area (Å²) in [6.07, 6.45) is -6.39. The van der Waals surface area contributed by atoms with Crippen LogP contribution >= 0.6 is 0 Å². The molecule has 1 aromatic carbocycles. The molecule has 158 valence electrons. The van der Waals surface area contributed by atoms with Crippen molar-refractivity contribution in [3.63, 3.8) is 0 Å². The van der Waals surface area contributed by atoms with E-state index >= 15 is 0 Å². The molecule has 1 atom stereocenters. The number of alkyl halides is 3. The lowest BCUT2D eigenvalue weighted by atomic mass is 10.0. The van der Waals surface area contributed by atoms with Crippen molar-refractivity contribution in [3.8, 4) is 0 Å². The Labute approximate surface area is 160 Å². The summed E-state index contributed by atoms with van der Waals surface area (Å²) in [5.74, 6) is -0.226. The van der Waals surface area contributed by atoms with Gasteiger partial charge in [-0.25, -0.2) is 19.1 Å². The quantitative estimate of drug-likeness (QED) is 0.452. The van der Waals surface area contributed by atoms with Crippen molar-refractivity contribution in [3.05, 3.63) is 46.8 Å². The number of carbonyl (C=O) groups is 1. The lowest BCUT2D eigenvalue weighted by molar-refractivity contribution is -0.148. The summed E-state index contributed by atoms with van der Waals surface area (Å²) in [5, 5.41) is 6.59. The van der Waals surface area contributed by atoms with Gasteiger partial charge in [-0.15, -0.1) is 10.2 Å². The molecule has 0 bridgehead atoms. The Kier molecular flexibility index (Phi) is 5.80. The van der Waals surface area contributed by atoms with Gasteiger partial charge >= 0.3 is 6.18 Å². The molecule has 1 amide bonds. The van der Waals surface area contributed by atoms with E-state index in [0.29, 0.717) is 12.1 Å². The second-order valence-corrected chi connectivity index (χ2v) is 6.43. The summed E-state index contributed by atoms with van der Waals surface area (Å²) in [4.78, 5) is 18.3. The standard InChI is InChI=1S/C16H15F6N5O2/c17-10-6-12(19)11(18)4-8(10)3-9(29-23)5-14(28)26-1-2-27-13(7-26)24-25-15(27)16(20,21)22/h4,6,9H,1-3,5,7,23H2/t9-/m1/s1. The Hall–Kier alpha value is -2.67. The molecule has 0 unspecified atom stereocenters. The molecule has 0 fully saturated rings. The molecule has 2 N–H and O–H groups in total. The summed E-state index contributed by atoms with van der Waals surface area (Å²) < 4.78 is 79.6. The number of carbonyl (C=O) groups excluding carboxylic acids is 1. The van der Waals surface area contributed by atoms with Crippen LogP contribution in [0.2, 0.25) is 0 Å². The fourth-order valence-corrected chi connectivity index (χ4v) is 3.04. The molecule has 2 heterocycles. The molecule has 3 rings (SSSR count). The minimum atomic E-state index is -4.66. The number of nitrogens with zero attached hydrogens (tertiary/aromatic N) is 4. The molecule has 13 heteroatoms. The molecule has 29 heavy (non-hydrogen) atoms. The topological polar surface area (TPSA) is 86.3 Å². The van der Waals surface area contributed by atoms with Crippen molar-refractivity contribution in [1.82, 2.24) is 19.7 Å². The highest BCUT2D eigenvalue weighted by molar-refractivity contribution is 5.76. The monoisotopic (exact) mass is 423 g/mol. The van der Waals surface area contributed by atoms with Crippen LogP contribution in [-0.2, 0) is 35.3 Å². The van der Waals surface area contributed by atoms with E-state index in [0.717, 1.165) is 4.57 Å². The Balaban J connectivity index is 1.66. The Morgan fingerprint density at radius 1 is 1.14 bits per heavy atom. The number of hydrogen-bond donors (Lipinski definition) is 1. The van der Waals surface area contributed by atoms with Gasteiger partial charge in [0.1, 0.15) is 5.82 Å². The van der Waals surface area contributed by atoms with E-state index < -0.39 is 41.5 Å². The third kappa shape index (κ3) is 4.50. The molecule has 1 aromatic heterocycles. The Morgan fingerprint density at radius 3 is 2.48 bits per heavy atom. The van der Waals surface area contributed by atoms with Gasteiger partial charge in [0, 0.05) is 25.6 Å². The number of benzene rings is 1. The lowest BCUT2D eigenvalue weighted by Gasteiger charge is -2.29. The molecule has 0 saturated heterocycles. The van der Waals surface area contributed by atoms with Crippen molar-refractivity contribution in [2.24, 2.45) is 5.90 Å². The minimum absolute atomic E-state index is 0.0335. The number of fused-ring (bicyclic) bond motifs is 1. The van der Waals surface area contributed by atoms with E-state index in [1.807, 2.05) is 0 Å². The summed E-state index contributed by atoms with van der Waals surface area (Å²) in [7, 11) is 0. The van der Waals surface area contributed by atoms with Gasteiger partial charge in [-0.05, 0) is 11.6 Å². The maximum atomic E-state index is 13.8. The summed E-state index contributed by atoms with van der Waals surface area (Å²) in [5.41, 5.74) is -0.236. The molecule has 0 aliphatic carbocycles. The Morgan fingerprint density at radius 2 is 1.83 bits per heavy atom. The van der Waals surface area contributed by atoms with E-state index in [-0.39, 0.29) is 43.9 Å². The van der Waals surface area contributed by atoms with Gasteiger partial charge in [0.2, 0.25) is 11.7 Å². The van der Waals surface area contributed by atoms with Gasteiger partial charge in [0.15, 0.2) is 17.5 Å². The molecule has 1 aliphatic heterocycles. The molecule has 0 saturated carbocycles. The van der Waals surface area contributed by atoms with E-state index in [1.165, 1.54) is 4.90 Å². The normalized spacial score (nSPS) is 15.3. The van der Waals surface area contributed by atoms with Gasteiger partial charge in [-0.1, -0.05) is 0 Å². The average molecular weight is 423 g/mol. The highest BCUT2D eigenvalue weighted by Crippen LogP contribution is 2.29. The summed E-state index contributed by atoms with van der Waals surface area (Å²) >= 11 is 0. The van der Waals surface area contributed by atoms with E-state index in [2.05, 4.69) is 15.0 Å². The van der Waals surface area contributed by atoms with Crippen LogP contribution in [0.4, 0.5) is 26.3 Å². The number of hydrogen-bond acceptors (Lipinski definition) is 5. The molecule has 0 spiro atoms. The van der Waals surface area contributed by atoms with Crippen molar-refractivity contribution < 1.29 is 36.0 Å². The third-order valence-corrected chi connectivity index (χ3v) is 4.49. The van der Waals surface area contributed by atoms with Gasteiger partial charge < -0.3 is 14.3 Å². The van der Waals surface area contributed by atoms with Crippen LogP contribution in [0.5, 0.6) is 0 Å². The van der Waals surface area contributed by atoms with Crippen LogP contribution in [0.15, 0.2) is 12.1 Å². The predicted octanol–water partition coefficient (Wildman–Crippen LogP) is 1.95. The second kappa shape index (κ2) is 7.99. The minimum Gasteiger partial charge on any atom is -0.333 e. The number of aromatic nitrogens is 3. The summed E-state index contributed by atoms with van der Waals surface area (Å²) in [6.45, 7) is -0.405. The molecular weight excluding hydrogens is 408 g/mol. The van der Waals surface area contributed by atoms with Crippen LogP contribution in [0.1, 0.15) is 23.6 Å². The first kappa shape index (κ1) is 21.0. The molecule has 1 aliphatic rings. The maximum Gasteiger partial charge on any atom is 0.451 e. The van der Waals surface area contributed by atoms with Crippen molar-refractivity contribution >= 4 is 5.91 Å². The van der Waals surface area contributed by atoms with Gasteiger partial charge in [-0.3, -0.25) is 4.79 Å². The Bertz CT molecular complexity index is 916. The zero-order valence-electron chi connectivity index (χ0n) is 14.7. The largest absolute Gasteiger partial charge is 0.451 e. The third-order valence-electron chi connectivity index (χ3n) is 4.49. The van der Waals surface area contributed by atoms with Crippen molar-refractivity contribution in [2.45, 2.75) is 38.2 Å². The van der Waals surface area contributed by atoms with Gasteiger partial charge in [0.25, 0.3) is 0 Å².